The third-order valence-corrected chi connectivity index (χ3v) is 4.20. The number of rotatable bonds is 0. The van der Waals surface area contributed by atoms with Crippen LogP contribution in [0.4, 0.5) is 0 Å². The molecule has 2 unspecified atom stereocenters. The summed E-state index contributed by atoms with van der Waals surface area (Å²) in [5, 5.41) is 3.67. The van der Waals surface area contributed by atoms with Crippen LogP contribution in [0.15, 0.2) is 0 Å². The van der Waals surface area contributed by atoms with Crippen LogP contribution < -0.4 is 5.32 Å². The van der Waals surface area contributed by atoms with Gasteiger partial charge in [-0.2, -0.15) is 0 Å². The van der Waals surface area contributed by atoms with Crippen molar-refractivity contribution in [3.63, 3.8) is 0 Å². The summed E-state index contributed by atoms with van der Waals surface area (Å²) in [5.74, 6) is 0.956. The predicted molar refractivity (Wildman–Crippen MR) is 77.4 cm³/mol. The van der Waals surface area contributed by atoms with Gasteiger partial charge in [-0.05, 0) is 32.2 Å². The zero-order valence-corrected chi connectivity index (χ0v) is 12.1. The Bertz CT molecular complexity index is 149. The Morgan fingerprint density at radius 1 is 0.647 bits per heavy atom. The molecule has 1 aliphatic heterocycles. The van der Waals surface area contributed by atoms with Crippen LogP contribution >= 0.6 is 0 Å². The topological polar surface area (TPSA) is 12.0 Å². The van der Waals surface area contributed by atoms with E-state index in [9.17, 15) is 0 Å². The van der Waals surface area contributed by atoms with Crippen molar-refractivity contribution in [3.05, 3.63) is 0 Å². The number of hydrogen-bond acceptors (Lipinski definition) is 1. The Balaban J connectivity index is 2.19. The quantitative estimate of drug-likeness (QED) is 0.633. The van der Waals surface area contributed by atoms with Crippen molar-refractivity contribution < 1.29 is 0 Å². The van der Waals surface area contributed by atoms with E-state index in [1.165, 1.54) is 77.2 Å². The third-order valence-electron chi connectivity index (χ3n) is 4.20. The fourth-order valence-electron chi connectivity index (χ4n) is 2.86. The van der Waals surface area contributed by atoms with Crippen LogP contribution in [0.1, 0.15) is 84.5 Å². The van der Waals surface area contributed by atoms with E-state index in [1.807, 2.05) is 0 Å². The number of nitrogens with one attached hydrogen (secondary N) is 1. The maximum Gasteiger partial charge on any atom is 0.00387 e. The Morgan fingerprint density at radius 3 is 1.88 bits per heavy atom. The smallest absolute Gasteiger partial charge is 0.00387 e. The molecule has 2 atom stereocenters. The molecule has 1 heterocycles. The summed E-state index contributed by atoms with van der Waals surface area (Å²) in [6, 6.07) is 0.734. The Hall–Kier alpha value is -0.0400. The minimum absolute atomic E-state index is 0.734. The summed E-state index contributed by atoms with van der Waals surface area (Å²) in [6.45, 7) is 6.02. The lowest BCUT2D eigenvalue weighted by Crippen LogP contribution is -2.26. The van der Waals surface area contributed by atoms with Gasteiger partial charge < -0.3 is 5.32 Å². The zero-order chi connectivity index (χ0) is 12.3. The Labute approximate surface area is 109 Å². The average molecular weight is 239 g/mol. The number of hydrogen-bond donors (Lipinski definition) is 1. The van der Waals surface area contributed by atoms with E-state index in [-0.39, 0.29) is 0 Å². The molecule has 0 aromatic rings. The van der Waals surface area contributed by atoms with E-state index in [1.54, 1.807) is 0 Å². The molecule has 1 heteroatoms. The molecular weight excluding hydrogens is 206 g/mol. The van der Waals surface area contributed by atoms with Crippen LogP contribution in [-0.4, -0.2) is 12.6 Å². The van der Waals surface area contributed by atoms with Gasteiger partial charge in [0.25, 0.3) is 0 Å². The first kappa shape index (κ1) is 15.0. The second-order valence-corrected chi connectivity index (χ2v) is 6.15. The highest BCUT2D eigenvalue weighted by Gasteiger charge is 2.04. The first-order valence-corrected chi connectivity index (χ1v) is 8.02. The van der Waals surface area contributed by atoms with Crippen LogP contribution in [0, 0.1) is 5.92 Å². The molecule has 1 saturated heterocycles. The summed E-state index contributed by atoms with van der Waals surface area (Å²) in [4.78, 5) is 0. The lowest BCUT2D eigenvalue weighted by atomic mass is 9.97. The molecule has 0 amide bonds. The molecule has 0 aromatic carbocycles. The van der Waals surface area contributed by atoms with Gasteiger partial charge in [-0.3, -0.25) is 0 Å². The van der Waals surface area contributed by atoms with E-state index in [4.69, 9.17) is 0 Å². The molecular formula is C16H33N. The normalized spacial score (nSPS) is 31.4. The molecule has 0 aromatic heterocycles. The highest BCUT2D eigenvalue weighted by Crippen LogP contribution is 2.17. The monoisotopic (exact) mass is 239 g/mol. The molecule has 0 radical (unpaired) electrons. The van der Waals surface area contributed by atoms with Crippen molar-refractivity contribution in [3.8, 4) is 0 Å². The predicted octanol–water partition coefficient (Wildman–Crippen LogP) is 4.91. The molecule has 1 aliphatic rings. The maximum atomic E-state index is 3.67. The molecule has 1 N–H and O–H groups in total. The fourth-order valence-corrected chi connectivity index (χ4v) is 2.86. The summed E-state index contributed by atoms with van der Waals surface area (Å²) in [7, 11) is 0. The van der Waals surface area contributed by atoms with Gasteiger partial charge in [-0.15, -0.1) is 0 Å². The van der Waals surface area contributed by atoms with Gasteiger partial charge in [0.05, 0.1) is 0 Å². The molecule has 1 nitrogen and oxygen atoms in total. The van der Waals surface area contributed by atoms with Crippen molar-refractivity contribution in [2.45, 2.75) is 90.5 Å². The Morgan fingerprint density at radius 2 is 1.18 bits per heavy atom. The average Bonchev–Trinajstić information content (AvgIpc) is 2.31. The molecule has 0 aliphatic carbocycles. The summed E-state index contributed by atoms with van der Waals surface area (Å²) in [6.07, 6.45) is 15.8. The Kier molecular flexibility index (Phi) is 8.78. The van der Waals surface area contributed by atoms with E-state index in [0.29, 0.717) is 0 Å². The molecule has 0 spiro atoms. The third kappa shape index (κ3) is 8.65. The van der Waals surface area contributed by atoms with Crippen LogP contribution in [0.3, 0.4) is 0 Å². The van der Waals surface area contributed by atoms with Crippen LogP contribution in [-0.2, 0) is 0 Å². The summed E-state index contributed by atoms with van der Waals surface area (Å²) < 4.78 is 0. The van der Waals surface area contributed by atoms with Crippen molar-refractivity contribution >= 4 is 0 Å². The van der Waals surface area contributed by atoms with Gasteiger partial charge in [0, 0.05) is 6.04 Å². The van der Waals surface area contributed by atoms with Crippen LogP contribution in [0.25, 0.3) is 0 Å². The first-order chi connectivity index (χ1) is 8.29. The molecule has 1 rings (SSSR count). The molecule has 0 saturated carbocycles. The lowest BCUT2D eigenvalue weighted by Gasteiger charge is -2.14. The maximum absolute atomic E-state index is 3.67. The van der Waals surface area contributed by atoms with Crippen LogP contribution in [0.5, 0.6) is 0 Å². The van der Waals surface area contributed by atoms with Gasteiger partial charge in [0.15, 0.2) is 0 Å². The first-order valence-electron chi connectivity index (χ1n) is 8.02. The van der Waals surface area contributed by atoms with Crippen molar-refractivity contribution in [1.82, 2.24) is 5.32 Å². The van der Waals surface area contributed by atoms with Gasteiger partial charge in [-0.25, -0.2) is 0 Å². The minimum atomic E-state index is 0.734. The standard InChI is InChI=1S/C16H33N/c1-15-11-7-5-3-4-6-8-13-16(2)17-14-10-9-12-15/h15-17H,3-14H2,1-2H3. The van der Waals surface area contributed by atoms with Gasteiger partial charge in [0.1, 0.15) is 0 Å². The van der Waals surface area contributed by atoms with Gasteiger partial charge in [0.2, 0.25) is 0 Å². The second kappa shape index (κ2) is 9.94. The zero-order valence-electron chi connectivity index (χ0n) is 12.1. The lowest BCUT2D eigenvalue weighted by molar-refractivity contribution is 0.432. The largest absolute Gasteiger partial charge is 0.314 e. The van der Waals surface area contributed by atoms with E-state index < -0.39 is 0 Å². The fraction of sp³-hybridized carbons (Fsp3) is 1.00. The van der Waals surface area contributed by atoms with Gasteiger partial charge in [-0.1, -0.05) is 64.7 Å². The summed E-state index contributed by atoms with van der Waals surface area (Å²) >= 11 is 0. The van der Waals surface area contributed by atoms with E-state index >= 15 is 0 Å². The molecule has 1 fully saturated rings. The molecule has 102 valence electrons. The molecule has 0 bridgehead atoms. The highest BCUT2D eigenvalue weighted by molar-refractivity contribution is 4.63. The molecule has 17 heavy (non-hydrogen) atoms. The highest BCUT2D eigenvalue weighted by atomic mass is 14.9. The SMILES string of the molecule is CC1CCCCCCCCC(C)NCCCC1. The second-order valence-electron chi connectivity index (χ2n) is 6.15. The summed E-state index contributed by atoms with van der Waals surface area (Å²) in [5.41, 5.74) is 0. The van der Waals surface area contributed by atoms with E-state index in [2.05, 4.69) is 19.2 Å². The van der Waals surface area contributed by atoms with E-state index in [0.717, 1.165) is 12.0 Å². The van der Waals surface area contributed by atoms with Crippen molar-refractivity contribution in [2.24, 2.45) is 5.92 Å². The van der Waals surface area contributed by atoms with Crippen molar-refractivity contribution in [1.29, 1.82) is 0 Å². The van der Waals surface area contributed by atoms with Gasteiger partial charge >= 0.3 is 0 Å². The van der Waals surface area contributed by atoms with Crippen LogP contribution in [0.2, 0.25) is 0 Å². The minimum Gasteiger partial charge on any atom is -0.314 e. The van der Waals surface area contributed by atoms with Crippen molar-refractivity contribution in [2.75, 3.05) is 6.54 Å².